The Labute approximate surface area is 135 Å². The number of nitrogens with zero attached hydrogens (tertiary/aromatic N) is 3. The van der Waals surface area contributed by atoms with E-state index in [0.29, 0.717) is 16.9 Å². The van der Waals surface area contributed by atoms with E-state index >= 15 is 0 Å². The number of pyridine rings is 1. The van der Waals surface area contributed by atoms with Gasteiger partial charge >= 0.3 is 0 Å². The number of hydrogen-bond donors (Lipinski definition) is 1. The first kappa shape index (κ1) is 15.2. The molecular weight excluding hydrogens is 288 g/mol. The summed E-state index contributed by atoms with van der Waals surface area (Å²) in [6.07, 6.45) is 1.83. The van der Waals surface area contributed by atoms with Crippen molar-refractivity contribution in [2.75, 3.05) is 5.32 Å². The van der Waals surface area contributed by atoms with Crippen molar-refractivity contribution in [2.45, 2.75) is 33.6 Å². The lowest BCUT2D eigenvalue weighted by Crippen LogP contribution is -2.13. The summed E-state index contributed by atoms with van der Waals surface area (Å²) in [5.41, 5.74) is 4.23. The maximum absolute atomic E-state index is 12.5. The van der Waals surface area contributed by atoms with Crippen LogP contribution in [-0.4, -0.2) is 20.5 Å². The molecule has 118 valence electrons. The maximum atomic E-state index is 12.5. The molecule has 0 atom stereocenters. The fourth-order valence-electron chi connectivity index (χ4n) is 2.34. The fourth-order valence-corrected chi connectivity index (χ4v) is 2.34. The molecule has 3 rings (SSSR count). The molecule has 5 nitrogen and oxygen atoms in total. The molecular formula is C18H20N4O. The Hall–Kier alpha value is -2.69. The van der Waals surface area contributed by atoms with Gasteiger partial charge in [-0.15, -0.1) is 0 Å². The van der Waals surface area contributed by atoms with E-state index in [1.165, 1.54) is 5.56 Å². The first-order valence-electron chi connectivity index (χ1n) is 7.69. The lowest BCUT2D eigenvalue weighted by molar-refractivity contribution is 0.102. The number of carbonyl (C=O) groups is 1. The normalized spacial score (nSPS) is 11.2. The third-order valence-corrected chi connectivity index (χ3v) is 3.91. The van der Waals surface area contributed by atoms with Gasteiger partial charge in [-0.1, -0.05) is 19.9 Å². The van der Waals surface area contributed by atoms with Crippen molar-refractivity contribution in [3.05, 3.63) is 59.0 Å². The molecule has 2 aromatic heterocycles. The molecule has 1 amide bonds. The average molecular weight is 308 g/mol. The quantitative estimate of drug-likeness (QED) is 0.802. The summed E-state index contributed by atoms with van der Waals surface area (Å²) in [6, 6.07) is 9.38. The second-order valence-corrected chi connectivity index (χ2v) is 6.07. The Bertz CT molecular complexity index is 880. The summed E-state index contributed by atoms with van der Waals surface area (Å²) < 4.78 is 1.70. The Balaban J connectivity index is 1.94. The number of amides is 1. The van der Waals surface area contributed by atoms with E-state index in [1.807, 2.05) is 64.2 Å². The van der Waals surface area contributed by atoms with E-state index in [2.05, 4.69) is 15.4 Å². The van der Waals surface area contributed by atoms with E-state index in [-0.39, 0.29) is 11.8 Å². The highest BCUT2D eigenvalue weighted by Gasteiger charge is 2.13. The van der Waals surface area contributed by atoms with Crippen LogP contribution in [-0.2, 0) is 0 Å². The maximum Gasteiger partial charge on any atom is 0.255 e. The number of carbonyl (C=O) groups excluding carboxylic acids is 1. The molecule has 23 heavy (non-hydrogen) atoms. The number of nitrogens with one attached hydrogen (secondary N) is 1. The largest absolute Gasteiger partial charge is 0.319 e. The predicted octanol–water partition coefficient (Wildman–Crippen LogP) is 3.72. The van der Waals surface area contributed by atoms with Crippen molar-refractivity contribution in [3.8, 4) is 0 Å². The molecule has 0 bridgehead atoms. The molecule has 3 aromatic rings. The highest BCUT2D eigenvalue weighted by Crippen LogP contribution is 2.19. The molecule has 0 aliphatic heterocycles. The van der Waals surface area contributed by atoms with Gasteiger partial charge in [-0.25, -0.2) is 9.50 Å². The number of hydrogen-bond acceptors (Lipinski definition) is 3. The lowest BCUT2D eigenvalue weighted by Gasteiger charge is -2.07. The lowest BCUT2D eigenvalue weighted by atomic mass is 10.1. The van der Waals surface area contributed by atoms with Crippen molar-refractivity contribution in [1.82, 2.24) is 14.6 Å². The zero-order valence-electron chi connectivity index (χ0n) is 13.8. The second kappa shape index (κ2) is 5.83. The SMILES string of the molecule is Cc1ccc(C(=O)Nc2cccn3nc(C(C)C)nc23)cc1C. The minimum absolute atomic E-state index is 0.143. The smallest absolute Gasteiger partial charge is 0.255 e. The van der Waals surface area contributed by atoms with Crippen LogP contribution in [0, 0.1) is 13.8 Å². The summed E-state index contributed by atoms with van der Waals surface area (Å²) in [7, 11) is 0. The van der Waals surface area contributed by atoms with Crippen LogP contribution < -0.4 is 5.32 Å². The van der Waals surface area contributed by atoms with Gasteiger partial charge in [0, 0.05) is 17.7 Å². The molecule has 0 radical (unpaired) electrons. The minimum Gasteiger partial charge on any atom is -0.319 e. The van der Waals surface area contributed by atoms with Gasteiger partial charge in [0.15, 0.2) is 11.5 Å². The zero-order valence-corrected chi connectivity index (χ0v) is 13.8. The molecule has 1 aromatic carbocycles. The summed E-state index contributed by atoms with van der Waals surface area (Å²) in [6.45, 7) is 8.12. The van der Waals surface area contributed by atoms with E-state index in [1.54, 1.807) is 4.52 Å². The Kier molecular flexibility index (Phi) is 3.86. The van der Waals surface area contributed by atoms with Crippen LogP contribution in [0.2, 0.25) is 0 Å². The number of aromatic nitrogens is 3. The van der Waals surface area contributed by atoms with Crippen LogP contribution in [0.4, 0.5) is 5.69 Å². The van der Waals surface area contributed by atoms with Gasteiger partial charge in [0.25, 0.3) is 5.91 Å². The first-order valence-corrected chi connectivity index (χ1v) is 7.69. The van der Waals surface area contributed by atoms with Gasteiger partial charge in [0.2, 0.25) is 0 Å². The number of fused-ring (bicyclic) bond motifs is 1. The summed E-state index contributed by atoms with van der Waals surface area (Å²) in [5.74, 6) is 0.853. The van der Waals surface area contributed by atoms with Crippen LogP contribution in [0.1, 0.15) is 47.1 Å². The molecule has 0 unspecified atom stereocenters. The average Bonchev–Trinajstić information content (AvgIpc) is 2.95. The first-order chi connectivity index (χ1) is 11.0. The fraction of sp³-hybridized carbons (Fsp3) is 0.278. The molecule has 0 spiro atoms. The number of benzene rings is 1. The van der Waals surface area contributed by atoms with E-state index in [9.17, 15) is 4.79 Å². The Morgan fingerprint density at radius 2 is 1.96 bits per heavy atom. The molecule has 0 aliphatic rings. The molecule has 0 fully saturated rings. The van der Waals surface area contributed by atoms with Crippen molar-refractivity contribution in [2.24, 2.45) is 0 Å². The molecule has 0 saturated carbocycles. The van der Waals surface area contributed by atoms with Crippen LogP contribution >= 0.6 is 0 Å². The topological polar surface area (TPSA) is 59.3 Å². The summed E-state index contributed by atoms with van der Waals surface area (Å²) >= 11 is 0. The van der Waals surface area contributed by atoms with Crippen molar-refractivity contribution >= 4 is 17.2 Å². The Morgan fingerprint density at radius 1 is 1.17 bits per heavy atom. The standard InChI is InChI=1S/C18H20N4O/c1-11(2)16-20-17-15(6-5-9-22(17)21-16)19-18(23)14-8-7-12(3)13(4)10-14/h5-11H,1-4H3,(H,19,23). The van der Waals surface area contributed by atoms with Crippen LogP contribution in [0.25, 0.3) is 5.65 Å². The highest BCUT2D eigenvalue weighted by atomic mass is 16.1. The monoisotopic (exact) mass is 308 g/mol. The van der Waals surface area contributed by atoms with Gasteiger partial charge in [-0.3, -0.25) is 4.79 Å². The van der Waals surface area contributed by atoms with Gasteiger partial charge in [0.1, 0.15) is 0 Å². The van der Waals surface area contributed by atoms with Crippen LogP contribution in [0.15, 0.2) is 36.5 Å². The highest BCUT2D eigenvalue weighted by molar-refractivity contribution is 6.06. The van der Waals surface area contributed by atoms with Crippen LogP contribution in [0.5, 0.6) is 0 Å². The molecule has 1 N–H and O–H groups in total. The number of rotatable bonds is 3. The minimum atomic E-state index is -0.143. The summed E-state index contributed by atoms with van der Waals surface area (Å²) in [4.78, 5) is 17.0. The number of aryl methyl sites for hydroxylation is 2. The van der Waals surface area contributed by atoms with Crippen molar-refractivity contribution in [3.63, 3.8) is 0 Å². The van der Waals surface area contributed by atoms with E-state index in [0.717, 1.165) is 11.4 Å². The third kappa shape index (κ3) is 2.95. The van der Waals surface area contributed by atoms with Gasteiger partial charge in [-0.2, -0.15) is 5.10 Å². The van der Waals surface area contributed by atoms with Gasteiger partial charge in [-0.05, 0) is 49.2 Å². The Morgan fingerprint density at radius 3 is 2.65 bits per heavy atom. The van der Waals surface area contributed by atoms with Gasteiger partial charge in [0.05, 0.1) is 5.69 Å². The molecule has 5 heteroatoms. The van der Waals surface area contributed by atoms with Crippen LogP contribution in [0.3, 0.4) is 0 Å². The van der Waals surface area contributed by atoms with E-state index in [4.69, 9.17) is 0 Å². The summed E-state index contributed by atoms with van der Waals surface area (Å²) in [5, 5.41) is 7.37. The zero-order chi connectivity index (χ0) is 16.6. The molecule has 0 saturated heterocycles. The van der Waals surface area contributed by atoms with Crippen molar-refractivity contribution in [1.29, 1.82) is 0 Å². The number of anilines is 1. The van der Waals surface area contributed by atoms with Gasteiger partial charge < -0.3 is 5.32 Å². The van der Waals surface area contributed by atoms with E-state index < -0.39 is 0 Å². The molecule has 0 aliphatic carbocycles. The second-order valence-electron chi connectivity index (χ2n) is 6.07. The third-order valence-electron chi connectivity index (χ3n) is 3.91. The molecule has 2 heterocycles. The van der Waals surface area contributed by atoms with Crippen molar-refractivity contribution < 1.29 is 4.79 Å². The predicted molar refractivity (Wildman–Crippen MR) is 90.9 cm³/mol.